The van der Waals surface area contributed by atoms with Gasteiger partial charge in [-0.15, -0.1) is 0 Å². The number of aromatic nitrogens is 2. The normalized spacial score (nSPS) is 10.7. The van der Waals surface area contributed by atoms with Crippen molar-refractivity contribution < 1.29 is 14.3 Å². The van der Waals surface area contributed by atoms with Crippen LogP contribution < -0.4 is 10.3 Å². The van der Waals surface area contributed by atoms with Gasteiger partial charge in [0.2, 0.25) is 0 Å². The summed E-state index contributed by atoms with van der Waals surface area (Å²) in [4.78, 5) is 28.9. The number of rotatable bonds is 6. The molecule has 2 aromatic carbocycles. The molecule has 7 heteroatoms. The molecule has 0 saturated carbocycles. The Labute approximate surface area is 180 Å². The molecule has 0 aliphatic rings. The fraction of sp³-hybridized carbons (Fsp3) is 0.0870. The first kappa shape index (κ1) is 19.8. The molecule has 0 saturated heterocycles. The topological polar surface area (TPSA) is 69.9 Å². The third-order valence-corrected chi connectivity index (χ3v) is 4.84. The second-order valence-corrected chi connectivity index (χ2v) is 7.45. The minimum atomic E-state index is -0.498. The van der Waals surface area contributed by atoms with Gasteiger partial charge in [-0.2, -0.15) is 0 Å². The number of pyridine rings is 1. The van der Waals surface area contributed by atoms with Crippen molar-refractivity contribution in [1.29, 1.82) is 0 Å². The Morgan fingerprint density at radius 2 is 1.73 bits per heavy atom. The van der Waals surface area contributed by atoms with E-state index in [1.54, 1.807) is 42.6 Å². The number of ether oxygens (including phenoxy) is 2. The molecule has 2 heterocycles. The van der Waals surface area contributed by atoms with E-state index in [2.05, 4.69) is 20.9 Å². The van der Waals surface area contributed by atoms with Gasteiger partial charge in [0, 0.05) is 16.7 Å². The Morgan fingerprint density at radius 1 is 0.967 bits per heavy atom. The molecule has 2 aromatic heterocycles. The van der Waals surface area contributed by atoms with E-state index in [1.807, 2.05) is 30.3 Å². The van der Waals surface area contributed by atoms with Crippen LogP contribution in [0.15, 0.2) is 88.3 Å². The lowest BCUT2D eigenvalue weighted by molar-refractivity contribution is 0.0467. The molecule has 6 nitrogen and oxygen atoms in total. The van der Waals surface area contributed by atoms with Crippen molar-refractivity contribution in [2.24, 2.45) is 0 Å². The molecule has 0 bridgehead atoms. The minimum absolute atomic E-state index is 0.0904. The number of benzene rings is 2. The van der Waals surface area contributed by atoms with Crippen LogP contribution >= 0.6 is 15.9 Å². The molecular weight excluding hydrogens is 448 g/mol. The van der Waals surface area contributed by atoms with Crippen LogP contribution in [0.2, 0.25) is 0 Å². The summed E-state index contributed by atoms with van der Waals surface area (Å²) in [7, 11) is 0. The fourth-order valence-corrected chi connectivity index (χ4v) is 3.19. The van der Waals surface area contributed by atoms with Gasteiger partial charge >= 0.3 is 5.97 Å². The quantitative estimate of drug-likeness (QED) is 0.395. The third-order valence-electron chi connectivity index (χ3n) is 4.37. The van der Waals surface area contributed by atoms with Crippen molar-refractivity contribution >= 4 is 27.5 Å². The number of carbonyl (C=O) groups is 1. The van der Waals surface area contributed by atoms with Gasteiger partial charge in [0.25, 0.3) is 5.56 Å². The van der Waals surface area contributed by atoms with E-state index in [4.69, 9.17) is 9.47 Å². The standard InChI is InChI=1S/C23H17BrN2O4/c24-18-8-11-21-25-19(12-22(27)26(21)13-18)15-30-23(28)17-6-9-20(10-7-17)29-14-16-4-2-1-3-5-16/h1-13H,14-15H2. The Kier molecular flexibility index (Phi) is 5.90. The van der Waals surface area contributed by atoms with Crippen LogP contribution in [0.5, 0.6) is 5.75 Å². The summed E-state index contributed by atoms with van der Waals surface area (Å²) in [5, 5.41) is 0. The van der Waals surface area contributed by atoms with Crippen LogP contribution in [0.3, 0.4) is 0 Å². The lowest BCUT2D eigenvalue weighted by Crippen LogP contribution is -2.16. The Bertz CT molecular complexity index is 1240. The monoisotopic (exact) mass is 464 g/mol. The summed E-state index contributed by atoms with van der Waals surface area (Å²) in [5.41, 5.74) is 2.08. The molecule has 0 fully saturated rings. The predicted molar refractivity (Wildman–Crippen MR) is 115 cm³/mol. The lowest BCUT2D eigenvalue weighted by Gasteiger charge is -2.08. The van der Waals surface area contributed by atoms with Crippen molar-refractivity contribution in [1.82, 2.24) is 9.38 Å². The smallest absolute Gasteiger partial charge is 0.338 e. The second-order valence-electron chi connectivity index (χ2n) is 6.54. The summed E-state index contributed by atoms with van der Waals surface area (Å²) >= 11 is 3.32. The highest BCUT2D eigenvalue weighted by atomic mass is 79.9. The maximum absolute atomic E-state index is 12.3. The number of hydrogen-bond acceptors (Lipinski definition) is 5. The van der Waals surface area contributed by atoms with Gasteiger partial charge in [-0.1, -0.05) is 30.3 Å². The van der Waals surface area contributed by atoms with E-state index in [-0.39, 0.29) is 12.2 Å². The third kappa shape index (κ3) is 4.75. The summed E-state index contributed by atoms with van der Waals surface area (Å²) in [6.07, 6.45) is 1.64. The maximum Gasteiger partial charge on any atom is 0.338 e. The first-order chi connectivity index (χ1) is 14.6. The molecule has 4 aromatic rings. The largest absolute Gasteiger partial charge is 0.489 e. The van der Waals surface area contributed by atoms with Crippen LogP contribution in [-0.2, 0) is 18.0 Å². The number of fused-ring (bicyclic) bond motifs is 1. The second kappa shape index (κ2) is 8.92. The first-order valence-corrected chi connectivity index (χ1v) is 9.99. The molecule has 0 atom stereocenters. The highest BCUT2D eigenvalue weighted by Gasteiger charge is 2.10. The van der Waals surface area contributed by atoms with Crippen LogP contribution in [0.4, 0.5) is 0 Å². The first-order valence-electron chi connectivity index (χ1n) is 9.20. The zero-order chi connectivity index (χ0) is 20.9. The zero-order valence-electron chi connectivity index (χ0n) is 15.8. The molecule has 150 valence electrons. The fourth-order valence-electron chi connectivity index (χ4n) is 2.85. The molecule has 0 aliphatic carbocycles. The van der Waals surface area contributed by atoms with E-state index >= 15 is 0 Å². The molecule has 0 unspecified atom stereocenters. The highest BCUT2D eigenvalue weighted by molar-refractivity contribution is 9.10. The van der Waals surface area contributed by atoms with E-state index in [9.17, 15) is 9.59 Å². The molecule has 0 aliphatic heterocycles. The number of esters is 1. The molecule has 0 spiro atoms. The molecule has 0 radical (unpaired) electrons. The van der Waals surface area contributed by atoms with Gasteiger partial charge in [0.05, 0.1) is 11.3 Å². The predicted octanol–water partition coefficient (Wildman–Crippen LogP) is 4.39. The summed E-state index contributed by atoms with van der Waals surface area (Å²) in [6.45, 7) is 0.358. The van der Waals surface area contributed by atoms with E-state index < -0.39 is 5.97 Å². The van der Waals surface area contributed by atoms with Crippen molar-refractivity contribution in [2.45, 2.75) is 13.2 Å². The summed E-state index contributed by atoms with van der Waals surface area (Å²) in [5.74, 6) is 0.160. The van der Waals surface area contributed by atoms with Crippen LogP contribution in [0.25, 0.3) is 5.65 Å². The average Bonchev–Trinajstić information content (AvgIpc) is 2.77. The highest BCUT2D eigenvalue weighted by Crippen LogP contribution is 2.15. The van der Waals surface area contributed by atoms with Crippen molar-refractivity contribution in [3.05, 3.63) is 111 Å². The maximum atomic E-state index is 12.3. The Hall–Kier alpha value is -3.45. The van der Waals surface area contributed by atoms with Gasteiger partial charge < -0.3 is 9.47 Å². The van der Waals surface area contributed by atoms with E-state index in [1.165, 1.54) is 10.5 Å². The van der Waals surface area contributed by atoms with Gasteiger partial charge in [0.1, 0.15) is 24.6 Å². The average molecular weight is 465 g/mol. The Morgan fingerprint density at radius 3 is 2.50 bits per heavy atom. The van der Waals surface area contributed by atoms with Crippen LogP contribution in [0, 0.1) is 0 Å². The van der Waals surface area contributed by atoms with Gasteiger partial charge in [-0.05, 0) is 57.9 Å². The summed E-state index contributed by atoms with van der Waals surface area (Å²) in [6, 6.07) is 21.4. The number of carbonyl (C=O) groups excluding carboxylic acids is 1. The van der Waals surface area contributed by atoms with E-state index in [0.29, 0.717) is 29.3 Å². The molecule has 0 N–H and O–H groups in total. The SMILES string of the molecule is O=C(OCc1cc(=O)n2cc(Br)ccc2n1)c1ccc(OCc2ccccc2)cc1. The molecule has 4 rings (SSSR count). The zero-order valence-corrected chi connectivity index (χ0v) is 17.4. The van der Waals surface area contributed by atoms with Crippen molar-refractivity contribution in [3.63, 3.8) is 0 Å². The van der Waals surface area contributed by atoms with Gasteiger partial charge in [-0.3, -0.25) is 9.20 Å². The minimum Gasteiger partial charge on any atom is -0.489 e. The van der Waals surface area contributed by atoms with Gasteiger partial charge in [-0.25, -0.2) is 9.78 Å². The lowest BCUT2D eigenvalue weighted by atomic mass is 10.2. The van der Waals surface area contributed by atoms with E-state index in [0.717, 1.165) is 10.0 Å². The summed E-state index contributed by atoms with van der Waals surface area (Å²) < 4.78 is 13.2. The van der Waals surface area contributed by atoms with Crippen molar-refractivity contribution in [3.8, 4) is 5.75 Å². The number of nitrogens with zero attached hydrogens (tertiary/aromatic N) is 2. The van der Waals surface area contributed by atoms with Gasteiger partial charge in [0.15, 0.2) is 0 Å². The Balaban J connectivity index is 1.37. The van der Waals surface area contributed by atoms with Crippen LogP contribution in [0.1, 0.15) is 21.6 Å². The molecule has 0 amide bonds. The number of hydrogen-bond donors (Lipinski definition) is 0. The van der Waals surface area contributed by atoms with Crippen LogP contribution in [-0.4, -0.2) is 15.4 Å². The van der Waals surface area contributed by atoms with Crippen molar-refractivity contribution in [2.75, 3.05) is 0 Å². The molecular formula is C23H17BrN2O4. The number of halogens is 1. The molecule has 30 heavy (non-hydrogen) atoms.